The van der Waals surface area contributed by atoms with E-state index < -0.39 is 0 Å². The third-order valence-electron chi connectivity index (χ3n) is 4.87. The van der Waals surface area contributed by atoms with Crippen molar-refractivity contribution in [3.63, 3.8) is 0 Å². The summed E-state index contributed by atoms with van der Waals surface area (Å²) >= 11 is 0. The van der Waals surface area contributed by atoms with E-state index in [1.807, 2.05) is 0 Å². The molecular formula is C16H30O. The lowest BCUT2D eigenvalue weighted by Crippen LogP contribution is -2.21. The molecule has 0 radical (unpaired) electrons. The predicted molar refractivity (Wildman–Crippen MR) is 74.9 cm³/mol. The van der Waals surface area contributed by atoms with E-state index in [4.69, 9.17) is 5.11 Å². The van der Waals surface area contributed by atoms with Crippen LogP contribution in [0.3, 0.4) is 0 Å². The molecule has 0 spiro atoms. The van der Waals surface area contributed by atoms with Gasteiger partial charge in [-0.05, 0) is 49.4 Å². The molecule has 3 atom stereocenters. The molecule has 0 unspecified atom stereocenters. The molecule has 1 aliphatic rings. The van der Waals surface area contributed by atoms with Crippen LogP contribution in [0, 0.1) is 23.2 Å². The van der Waals surface area contributed by atoms with E-state index >= 15 is 0 Å². The van der Waals surface area contributed by atoms with Crippen LogP contribution >= 0.6 is 0 Å². The third kappa shape index (κ3) is 3.84. The Labute approximate surface area is 107 Å². The van der Waals surface area contributed by atoms with Gasteiger partial charge in [0.05, 0.1) is 0 Å². The second-order valence-electron chi connectivity index (χ2n) is 6.75. The average molecular weight is 238 g/mol. The summed E-state index contributed by atoms with van der Waals surface area (Å²) in [4.78, 5) is 0. The summed E-state index contributed by atoms with van der Waals surface area (Å²) in [6.45, 7) is 11.8. The Hall–Kier alpha value is -0.300. The van der Waals surface area contributed by atoms with Gasteiger partial charge in [0.25, 0.3) is 0 Å². The molecule has 1 aliphatic carbocycles. The Bertz CT molecular complexity index is 265. The van der Waals surface area contributed by atoms with Gasteiger partial charge in [0, 0.05) is 6.61 Å². The molecule has 0 bridgehead atoms. The summed E-state index contributed by atoms with van der Waals surface area (Å²) in [5.74, 6) is 2.03. The maximum atomic E-state index is 9.07. The van der Waals surface area contributed by atoms with Crippen molar-refractivity contribution in [2.24, 2.45) is 23.2 Å². The zero-order chi connectivity index (χ0) is 13.1. The molecule has 0 aromatic heterocycles. The van der Waals surface area contributed by atoms with E-state index in [-0.39, 0.29) is 0 Å². The highest BCUT2D eigenvalue weighted by molar-refractivity contribution is 5.18. The number of rotatable bonds is 6. The van der Waals surface area contributed by atoms with Gasteiger partial charge in [-0.25, -0.2) is 0 Å². The molecular weight excluding hydrogens is 208 g/mol. The lowest BCUT2D eigenvalue weighted by Gasteiger charge is -2.30. The molecule has 100 valence electrons. The quantitative estimate of drug-likeness (QED) is 0.679. The minimum atomic E-state index is 0.333. The van der Waals surface area contributed by atoms with Crippen LogP contribution in [0.1, 0.15) is 60.3 Å². The monoisotopic (exact) mass is 238 g/mol. The van der Waals surface area contributed by atoms with Crippen molar-refractivity contribution in [3.05, 3.63) is 11.6 Å². The van der Waals surface area contributed by atoms with Crippen LogP contribution in [0.4, 0.5) is 0 Å². The smallest absolute Gasteiger partial charge is 0.0456 e. The van der Waals surface area contributed by atoms with Crippen molar-refractivity contribution in [1.82, 2.24) is 0 Å². The van der Waals surface area contributed by atoms with Crippen molar-refractivity contribution in [2.75, 3.05) is 6.61 Å². The molecule has 0 aromatic carbocycles. The van der Waals surface area contributed by atoms with E-state index in [2.05, 4.69) is 40.7 Å². The standard InChI is InChI=1S/C16H30O/c1-12(10-13(2)11-17)6-8-15-9-7-14(3)16(15,4)5/h7,12-13,15,17H,6,8-11H2,1-5H3/t12-,13+,15+/m1/s1. The second kappa shape index (κ2) is 6.04. The van der Waals surface area contributed by atoms with Crippen molar-refractivity contribution in [2.45, 2.75) is 60.3 Å². The van der Waals surface area contributed by atoms with E-state index in [0.29, 0.717) is 17.9 Å². The van der Waals surface area contributed by atoms with Crippen LogP contribution in [0.15, 0.2) is 11.6 Å². The Morgan fingerprint density at radius 1 is 1.35 bits per heavy atom. The Morgan fingerprint density at radius 2 is 2.00 bits per heavy atom. The maximum Gasteiger partial charge on any atom is 0.0456 e. The molecule has 0 saturated carbocycles. The lowest BCUT2D eigenvalue weighted by atomic mass is 9.74. The Balaban J connectivity index is 2.33. The van der Waals surface area contributed by atoms with Gasteiger partial charge >= 0.3 is 0 Å². The van der Waals surface area contributed by atoms with E-state index in [0.717, 1.165) is 18.3 Å². The molecule has 0 saturated heterocycles. The molecule has 1 heteroatoms. The minimum absolute atomic E-state index is 0.333. The van der Waals surface area contributed by atoms with Crippen molar-refractivity contribution in [3.8, 4) is 0 Å². The fourth-order valence-corrected chi connectivity index (χ4v) is 3.04. The fourth-order valence-electron chi connectivity index (χ4n) is 3.04. The molecule has 1 N–H and O–H groups in total. The highest BCUT2D eigenvalue weighted by Crippen LogP contribution is 2.45. The number of aliphatic hydroxyl groups excluding tert-OH is 1. The highest BCUT2D eigenvalue weighted by atomic mass is 16.3. The van der Waals surface area contributed by atoms with E-state index in [9.17, 15) is 0 Å². The molecule has 1 rings (SSSR count). The highest BCUT2D eigenvalue weighted by Gasteiger charge is 2.34. The zero-order valence-corrected chi connectivity index (χ0v) is 12.3. The topological polar surface area (TPSA) is 20.2 Å². The van der Waals surface area contributed by atoms with Gasteiger partial charge in [0.2, 0.25) is 0 Å². The van der Waals surface area contributed by atoms with Gasteiger partial charge in [0.15, 0.2) is 0 Å². The molecule has 0 fully saturated rings. The van der Waals surface area contributed by atoms with Gasteiger partial charge in [-0.1, -0.05) is 45.8 Å². The summed E-state index contributed by atoms with van der Waals surface area (Å²) in [6.07, 6.45) is 7.49. The van der Waals surface area contributed by atoms with Gasteiger partial charge < -0.3 is 5.11 Å². The van der Waals surface area contributed by atoms with Crippen molar-refractivity contribution < 1.29 is 5.11 Å². The first kappa shape index (κ1) is 14.8. The molecule has 0 amide bonds. The molecule has 0 heterocycles. The fraction of sp³-hybridized carbons (Fsp3) is 0.875. The first-order valence-electron chi connectivity index (χ1n) is 7.16. The van der Waals surface area contributed by atoms with E-state index in [1.165, 1.54) is 19.3 Å². The lowest BCUT2D eigenvalue weighted by molar-refractivity contribution is 0.202. The van der Waals surface area contributed by atoms with Crippen LogP contribution in [-0.2, 0) is 0 Å². The largest absolute Gasteiger partial charge is 0.396 e. The average Bonchev–Trinajstić information content (AvgIpc) is 2.51. The van der Waals surface area contributed by atoms with Crippen molar-refractivity contribution in [1.29, 1.82) is 0 Å². The summed E-state index contributed by atoms with van der Waals surface area (Å²) in [5.41, 5.74) is 1.97. The number of hydrogen-bond donors (Lipinski definition) is 1. The van der Waals surface area contributed by atoms with Gasteiger partial charge in [-0.3, -0.25) is 0 Å². The Kier molecular flexibility index (Phi) is 5.24. The molecule has 1 nitrogen and oxygen atoms in total. The maximum absolute atomic E-state index is 9.07. The van der Waals surface area contributed by atoms with Crippen LogP contribution in [0.5, 0.6) is 0 Å². The molecule has 0 aromatic rings. The molecule has 0 aliphatic heterocycles. The second-order valence-corrected chi connectivity index (χ2v) is 6.75. The van der Waals surface area contributed by atoms with Crippen LogP contribution in [0.25, 0.3) is 0 Å². The van der Waals surface area contributed by atoms with E-state index in [1.54, 1.807) is 5.57 Å². The van der Waals surface area contributed by atoms with Gasteiger partial charge in [-0.15, -0.1) is 0 Å². The first-order valence-corrected chi connectivity index (χ1v) is 7.16. The van der Waals surface area contributed by atoms with Crippen LogP contribution in [0.2, 0.25) is 0 Å². The third-order valence-corrected chi connectivity index (χ3v) is 4.87. The number of allylic oxidation sites excluding steroid dienone is 2. The Morgan fingerprint density at radius 3 is 2.47 bits per heavy atom. The minimum Gasteiger partial charge on any atom is -0.396 e. The number of aliphatic hydroxyl groups is 1. The van der Waals surface area contributed by atoms with Crippen molar-refractivity contribution >= 4 is 0 Å². The predicted octanol–water partition coefficient (Wildman–Crippen LogP) is 4.41. The summed E-state index contributed by atoms with van der Waals surface area (Å²) in [7, 11) is 0. The van der Waals surface area contributed by atoms with Gasteiger partial charge in [-0.2, -0.15) is 0 Å². The normalized spacial score (nSPS) is 26.7. The van der Waals surface area contributed by atoms with Crippen LogP contribution in [-0.4, -0.2) is 11.7 Å². The number of hydrogen-bond acceptors (Lipinski definition) is 1. The molecule has 17 heavy (non-hydrogen) atoms. The van der Waals surface area contributed by atoms with Crippen LogP contribution < -0.4 is 0 Å². The summed E-state index contributed by atoms with van der Waals surface area (Å²) in [5, 5.41) is 9.07. The summed E-state index contributed by atoms with van der Waals surface area (Å²) < 4.78 is 0. The SMILES string of the molecule is CC1=CC[C@H](CC[C@@H](C)C[C@H](C)CO)C1(C)C. The zero-order valence-electron chi connectivity index (χ0n) is 12.3. The summed E-state index contributed by atoms with van der Waals surface area (Å²) in [6, 6.07) is 0. The van der Waals surface area contributed by atoms with Gasteiger partial charge in [0.1, 0.15) is 0 Å². The first-order chi connectivity index (χ1) is 7.87.